The Bertz CT molecular complexity index is 1530. The minimum Gasteiger partial charge on any atom is -0.294 e. The van der Waals surface area contributed by atoms with Crippen molar-refractivity contribution in [3.8, 4) is 11.3 Å². The van der Waals surface area contributed by atoms with Gasteiger partial charge in [0.05, 0.1) is 16.1 Å². The first-order valence-corrected chi connectivity index (χ1v) is 11.5. The number of nitro groups is 1. The maximum absolute atomic E-state index is 11.2. The minimum atomic E-state index is -0.360. The third-order valence-corrected chi connectivity index (χ3v) is 6.75. The van der Waals surface area contributed by atoms with Crippen molar-refractivity contribution in [3.63, 3.8) is 0 Å². The summed E-state index contributed by atoms with van der Waals surface area (Å²) in [6, 6.07) is 30.0. The standard InChI is InChI=1S/C29H23N3O2/c33-32(34)23-13-10-22(11-14-23)29-26-19-31(18-20-6-2-1-3-7-20)17-16-25(26)28-24-9-5-4-8-21(24)12-15-27(28)30-29/h1-15H,16-19H2. The molecule has 5 nitrogen and oxygen atoms in total. The third kappa shape index (κ3) is 3.60. The quantitative estimate of drug-likeness (QED) is 0.179. The average Bonchev–Trinajstić information content (AvgIpc) is 2.88. The van der Waals surface area contributed by atoms with Crippen LogP contribution in [0, 0.1) is 10.1 Å². The second-order valence-electron chi connectivity index (χ2n) is 8.85. The molecule has 0 radical (unpaired) electrons. The van der Waals surface area contributed by atoms with E-state index in [1.165, 1.54) is 32.8 Å². The van der Waals surface area contributed by atoms with Crippen molar-refractivity contribution in [2.75, 3.05) is 6.54 Å². The molecule has 0 atom stereocenters. The van der Waals surface area contributed by atoms with Gasteiger partial charge in [-0.3, -0.25) is 15.0 Å². The third-order valence-electron chi connectivity index (χ3n) is 6.75. The molecule has 34 heavy (non-hydrogen) atoms. The number of benzene rings is 4. The second-order valence-corrected chi connectivity index (χ2v) is 8.85. The fourth-order valence-corrected chi connectivity index (χ4v) is 5.13. The van der Waals surface area contributed by atoms with E-state index in [4.69, 9.17) is 4.98 Å². The maximum atomic E-state index is 11.2. The van der Waals surface area contributed by atoms with Gasteiger partial charge in [0.15, 0.2) is 0 Å². The lowest BCUT2D eigenvalue weighted by Gasteiger charge is -2.31. The van der Waals surface area contributed by atoms with E-state index in [1.54, 1.807) is 12.1 Å². The molecule has 1 aliphatic rings. The number of hydrogen-bond donors (Lipinski definition) is 0. The first-order chi connectivity index (χ1) is 16.7. The van der Waals surface area contributed by atoms with Gasteiger partial charge in [0.2, 0.25) is 0 Å². The van der Waals surface area contributed by atoms with E-state index in [0.29, 0.717) is 0 Å². The van der Waals surface area contributed by atoms with E-state index in [0.717, 1.165) is 42.8 Å². The van der Waals surface area contributed by atoms with Crippen LogP contribution in [0.1, 0.15) is 16.7 Å². The fraction of sp³-hybridized carbons (Fsp3) is 0.138. The summed E-state index contributed by atoms with van der Waals surface area (Å²) in [5.74, 6) is 0. The fourth-order valence-electron chi connectivity index (χ4n) is 5.13. The van der Waals surface area contributed by atoms with Gasteiger partial charge in [0, 0.05) is 42.7 Å². The van der Waals surface area contributed by atoms with Crippen molar-refractivity contribution in [2.24, 2.45) is 0 Å². The maximum Gasteiger partial charge on any atom is 0.269 e. The summed E-state index contributed by atoms with van der Waals surface area (Å²) in [7, 11) is 0. The van der Waals surface area contributed by atoms with Crippen LogP contribution < -0.4 is 0 Å². The van der Waals surface area contributed by atoms with Gasteiger partial charge in [-0.05, 0) is 52.1 Å². The second kappa shape index (κ2) is 8.36. The highest BCUT2D eigenvalue weighted by Gasteiger charge is 2.24. The molecule has 4 aromatic carbocycles. The molecule has 0 amide bonds. The lowest BCUT2D eigenvalue weighted by atomic mass is 9.89. The number of rotatable bonds is 4. The van der Waals surface area contributed by atoms with E-state index in [-0.39, 0.29) is 10.6 Å². The molecule has 0 aliphatic carbocycles. The molecule has 0 saturated heterocycles. The molecule has 5 aromatic rings. The molecule has 0 bridgehead atoms. The average molecular weight is 446 g/mol. The van der Waals surface area contributed by atoms with Gasteiger partial charge in [-0.25, -0.2) is 4.98 Å². The van der Waals surface area contributed by atoms with Gasteiger partial charge >= 0.3 is 0 Å². The zero-order valence-corrected chi connectivity index (χ0v) is 18.6. The molecule has 0 fully saturated rings. The Kier molecular flexibility index (Phi) is 5.04. The van der Waals surface area contributed by atoms with Gasteiger partial charge in [-0.1, -0.05) is 60.7 Å². The number of non-ortho nitro benzene ring substituents is 1. The SMILES string of the molecule is O=[N+]([O-])c1ccc(-c2nc3ccc4ccccc4c3c3c2CN(Cc2ccccc2)CC3)cc1. The molecule has 0 N–H and O–H groups in total. The van der Waals surface area contributed by atoms with Crippen molar-refractivity contribution in [1.29, 1.82) is 0 Å². The van der Waals surface area contributed by atoms with Crippen LogP contribution in [0.15, 0.2) is 91.0 Å². The summed E-state index contributed by atoms with van der Waals surface area (Å²) >= 11 is 0. The first-order valence-electron chi connectivity index (χ1n) is 11.5. The Morgan fingerprint density at radius 3 is 2.41 bits per heavy atom. The van der Waals surface area contributed by atoms with Crippen molar-refractivity contribution >= 4 is 27.4 Å². The normalized spacial score (nSPS) is 13.8. The van der Waals surface area contributed by atoms with Crippen LogP contribution in [0.2, 0.25) is 0 Å². The van der Waals surface area contributed by atoms with E-state index in [1.807, 2.05) is 18.2 Å². The predicted molar refractivity (Wildman–Crippen MR) is 136 cm³/mol. The highest BCUT2D eigenvalue weighted by Crippen LogP contribution is 2.38. The van der Waals surface area contributed by atoms with Crippen molar-refractivity contribution < 1.29 is 4.92 Å². The molecule has 166 valence electrons. The van der Waals surface area contributed by atoms with Crippen LogP contribution in [0.5, 0.6) is 0 Å². The smallest absolute Gasteiger partial charge is 0.269 e. The molecule has 0 spiro atoms. The molecule has 1 aliphatic heterocycles. The summed E-state index contributed by atoms with van der Waals surface area (Å²) in [4.78, 5) is 18.4. The van der Waals surface area contributed by atoms with Crippen LogP contribution in [0.4, 0.5) is 5.69 Å². The Balaban J connectivity index is 1.53. The van der Waals surface area contributed by atoms with Gasteiger partial charge in [0.25, 0.3) is 5.69 Å². The van der Waals surface area contributed by atoms with Gasteiger partial charge in [-0.15, -0.1) is 0 Å². The Morgan fingerprint density at radius 1 is 0.853 bits per heavy atom. The lowest BCUT2D eigenvalue weighted by Crippen LogP contribution is -2.31. The zero-order valence-electron chi connectivity index (χ0n) is 18.6. The van der Waals surface area contributed by atoms with Crippen LogP contribution in [0.3, 0.4) is 0 Å². The Hall–Kier alpha value is -4.09. The molecule has 5 heteroatoms. The topological polar surface area (TPSA) is 59.3 Å². The molecule has 2 heterocycles. The zero-order chi connectivity index (χ0) is 23.1. The molecular weight excluding hydrogens is 422 g/mol. The Labute approximate surface area is 197 Å². The summed E-state index contributed by atoms with van der Waals surface area (Å²) in [5.41, 5.74) is 6.77. The summed E-state index contributed by atoms with van der Waals surface area (Å²) in [5, 5.41) is 14.9. The number of hydrogen-bond acceptors (Lipinski definition) is 4. The highest BCUT2D eigenvalue weighted by atomic mass is 16.6. The highest BCUT2D eigenvalue weighted by molar-refractivity contribution is 6.09. The molecule has 6 rings (SSSR count). The van der Waals surface area contributed by atoms with Crippen LogP contribution >= 0.6 is 0 Å². The summed E-state index contributed by atoms with van der Waals surface area (Å²) in [6.45, 7) is 2.65. The number of nitro benzene ring substituents is 1. The molecule has 0 unspecified atom stereocenters. The first kappa shape index (κ1) is 20.5. The van der Waals surface area contributed by atoms with Gasteiger partial charge in [-0.2, -0.15) is 0 Å². The van der Waals surface area contributed by atoms with E-state index in [2.05, 4.69) is 65.6 Å². The number of nitrogens with zero attached hydrogens (tertiary/aromatic N) is 3. The molecule has 1 aromatic heterocycles. The number of pyridine rings is 1. The number of aromatic nitrogens is 1. The summed E-state index contributed by atoms with van der Waals surface area (Å²) < 4.78 is 0. The van der Waals surface area contributed by atoms with Crippen LogP contribution in [-0.4, -0.2) is 21.4 Å². The van der Waals surface area contributed by atoms with Gasteiger partial charge in [0.1, 0.15) is 0 Å². The number of fused-ring (bicyclic) bond motifs is 5. The van der Waals surface area contributed by atoms with Gasteiger partial charge < -0.3 is 0 Å². The van der Waals surface area contributed by atoms with Crippen molar-refractivity contribution in [3.05, 3.63) is 118 Å². The Morgan fingerprint density at radius 2 is 1.62 bits per heavy atom. The minimum absolute atomic E-state index is 0.0927. The predicted octanol–water partition coefficient (Wildman–Crippen LogP) is 6.52. The van der Waals surface area contributed by atoms with E-state index < -0.39 is 0 Å². The largest absolute Gasteiger partial charge is 0.294 e. The molecular formula is C29H23N3O2. The monoisotopic (exact) mass is 445 g/mol. The summed E-state index contributed by atoms with van der Waals surface area (Å²) in [6.07, 6.45) is 0.940. The van der Waals surface area contributed by atoms with E-state index >= 15 is 0 Å². The van der Waals surface area contributed by atoms with Crippen molar-refractivity contribution in [2.45, 2.75) is 19.5 Å². The van der Waals surface area contributed by atoms with Crippen LogP contribution in [-0.2, 0) is 19.5 Å². The lowest BCUT2D eigenvalue weighted by molar-refractivity contribution is -0.384. The van der Waals surface area contributed by atoms with Crippen molar-refractivity contribution in [1.82, 2.24) is 9.88 Å². The van der Waals surface area contributed by atoms with Crippen LogP contribution in [0.25, 0.3) is 32.9 Å². The molecule has 0 saturated carbocycles. The van der Waals surface area contributed by atoms with E-state index in [9.17, 15) is 10.1 Å².